The van der Waals surface area contributed by atoms with E-state index in [9.17, 15) is 9.59 Å². The molecule has 0 aromatic rings. The maximum atomic E-state index is 12.0. The van der Waals surface area contributed by atoms with Gasteiger partial charge in [-0.2, -0.15) is 0 Å². The lowest BCUT2D eigenvalue weighted by Crippen LogP contribution is -2.34. The fraction of sp³-hybridized carbons (Fsp3) is 0.385. The zero-order valence-electron chi connectivity index (χ0n) is 10.2. The highest BCUT2D eigenvalue weighted by atomic mass is 35.5. The van der Waals surface area contributed by atoms with E-state index in [1.807, 2.05) is 0 Å². The minimum atomic E-state index is -1.34. The minimum absolute atomic E-state index is 0.155. The van der Waals surface area contributed by atoms with Crippen molar-refractivity contribution in [1.29, 1.82) is 0 Å². The molecule has 0 saturated carbocycles. The summed E-state index contributed by atoms with van der Waals surface area (Å²) in [5, 5.41) is 9.09. The molecule has 0 spiro atoms. The number of allylic oxidation sites excluding steroid dienone is 4. The first-order valence-corrected chi connectivity index (χ1v) is 6.49. The van der Waals surface area contributed by atoms with Crippen LogP contribution in [0, 0.1) is 0 Å². The SMILES string of the molecule is C/C=C/C(=O)C1(Cl)CC2=C(C=C1Cl)OC(C(=O)O)C2. The molecule has 0 aromatic carbocycles. The van der Waals surface area contributed by atoms with Crippen LogP contribution in [0.3, 0.4) is 0 Å². The predicted octanol–water partition coefficient (Wildman–Crippen LogP) is 2.76. The Morgan fingerprint density at radius 3 is 2.84 bits per heavy atom. The lowest BCUT2D eigenvalue weighted by Gasteiger charge is -2.27. The van der Waals surface area contributed by atoms with E-state index < -0.39 is 16.9 Å². The van der Waals surface area contributed by atoms with Gasteiger partial charge in [-0.15, -0.1) is 11.6 Å². The minimum Gasteiger partial charge on any atom is -0.478 e. The topological polar surface area (TPSA) is 63.6 Å². The molecule has 102 valence electrons. The molecule has 19 heavy (non-hydrogen) atoms. The number of aliphatic carboxylic acids is 1. The Morgan fingerprint density at radius 2 is 2.26 bits per heavy atom. The summed E-state index contributed by atoms with van der Waals surface area (Å²) in [5.41, 5.74) is 0.713. The summed E-state index contributed by atoms with van der Waals surface area (Å²) in [6.45, 7) is 1.71. The number of ketones is 1. The van der Waals surface area contributed by atoms with Gasteiger partial charge >= 0.3 is 5.97 Å². The van der Waals surface area contributed by atoms with Gasteiger partial charge in [0.25, 0.3) is 0 Å². The van der Waals surface area contributed by atoms with E-state index >= 15 is 0 Å². The smallest absolute Gasteiger partial charge is 0.345 e. The number of alkyl halides is 1. The van der Waals surface area contributed by atoms with Gasteiger partial charge in [-0.1, -0.05) is 17.7 Å². The molecule has 1 aliphatic carbocycles. The number of carboxylic acid groups (broad SMARTS) is 1. The second-order valence-electron chi connectivity index (χ2n) is 4.45. The first-order chi connectivity index (χ1) is 8.88. The standard InChI is InChI=1S/C13H12Cl2O4/c1-2-3-11(16)13(15)6-7-4-9(12(17)18)19-8(7)5-10(13)14/h2-3,5,9H,4,6H2,1H3,(H,17,18)/b3-2+. The zero-order chi connectivity index (χ0) is 14.2. The second-order valence-corrected chi connectivity index (χ2v) is 5.50. The van der Waals surface area contributed by atoms with Gasteiger partial charge in [0.15, 0.2) is 11.9 Å². The van der Waals surface area contributed by atoms with E-state index in [0.717, 1.165) is 0 Å². The molecule has 0 radical (unpaired) electrons. The van der Waals surface area contributed by atoms with Crippen LogP contribution in [0.4, 0.5) is 0 Å². The van der Waals surface area contributed by atoms with E-state index in [2.05, 4.69) is 0 Å². The lowest BCUT2D eigenvalue weighted by atomic mass is 9.87. The van der Waals surface area contributed by atoms with E-state index in [1.54, 1.807) is 13.0 Å². The van der Waals surface area contributed by atoms with E-state index in [1.165, 1.54) is 12.2 Å². The highest BCUT2D eigenvalue weighted by Gasteiger charge is 2.45. The fourth-order valence-electron chi connectivity index (χ4n) is 2.13. The van der Waals surface area contributed by atoms with Crippen LogP contribution in [0.2, 0.25) is 0 Å². The monoisotopic (exact) mass is 302 g/mol. The van der Waals surface area contributed by atoms with Gasteiger partial charge in [-0.25, -0.2) is 4.79 Å². The number of carbonyl (C=O) groups is 2. The molecule has 0 amide bonds. The first-order valence-electron chi connectivity index (χ1n) is 5.73. The van der Waals surface area contributed by atoms with E-state index in [0.29, 0.717) is 11.3 Å². The van der Waals surface area contributed by atoms with Crippen LogP contribution >= 0.6 is 23.2 Å². The maximum absolute atomic E-state index is 12.0. The summed E-state index contributed by atoms with van der Waals surface area (Å²) < 4.78 is 5.26. The molecule has 0 saturated heterocycles. The first kappa shape index (κ1) is 14.2. The zero-order valence-corrected chi connectivity index (χ0v) is 11.7. The average molecular weight is 303 g/mol. The molecule has 2 atom stereocenters. The molecule has 1 N–H and O–H groups in total. The lowest BCUT2D eigenvalue weighted by molar-refractivity contribution is -0.146. The van der Waals surface area contributed by atoms with Crippen LogP contribution in [0.5, 0.6) is 0 Å². The molecule has 2 aliphatic rings. The third-order valence-corrected chi connectivity index (χ3v) is 4.18. The van der Waals surface area contributed by atoms with Gasteiger partial charge in [0.2, 0.25) is 0 Å². The van der Waals surface area contributed by atoms with Crippen molar-refractivity contribution in [2.24, 2.45) is 0 Å². The molecule has 6 heteroatoms. The Labute approximate surface area is 120 Å². The quantitative estimate of drug-likeness (QED) is 0.643. The number of carboxylic acids is 1. The molecular weight excluding hydrogens is 291 g/mol. The van der Waals surface area contributed by atoms with Crippen molar-refractivity contribution in [2.75, 3.05) is 0 Å². The summed E-state index contributed by atoms with van der Waals surface area (Å²) in [4.78, 5) is 21.6. The van der Waals surface area contributed by atoms with Crippen LogP contribution in [-0.4, -0.2) is 27.8 Å². The van der Waals surface area contributed by atoms with Gasteiger partial charge in [0.05, 0.1) is 5.03 Å². The van der Waals surface area contributed by atoms with Crippen molar-refractivity contribution in [3.8, 4) is 0 Å². The van der Waals surface area contributed by atoms with Crippen LogP contribution in [0.25, 0.3) is 0 Å². The highest BCUT2D eigenvalue weighted by molar-refractivity contribution is 6.48. The molecule has 0 aromatic heterocycles. The summed E-state index contributed by atoms with van der Waals surface area (Å²) in [6, 6.07) is 0. The Kier molecular flexibility index (Phi) is 3.74. The summed E-state index contributed by atoms with van der Waals surface area (Å²) >= 11 is 12.4. The van der Waals surface area contributed by atoms with Gasteiger partial charge in [-0.3, -0.25) is 4.79 Å². The molecule has 1 aliphatic heterocycles. The van der Waals surface area contributed by atoms with Gasteiger partial charge in [0, 0.05) is 12.8 Å². The molecule has 2 rings (SSSR count). The van der Waals surface area contributed by atoms with E-state index in [4.69, 9.17) is 33.0 Å². The van der Waals surface area contributed by atoms with Crippen molar-refractivity contribution in [3.05, 3.63) is 34.6 Å². The van der Waals surface area contributed by atoms with Crippen LogP contribution < -0.4 is 0 Å². The third-order valence-electron chi connectivity index (χ3n) is 3.13. The van der Waals surface area contributed by atoms with Crippen molar-refractivity contribution >= 4 is 35.0 Å². The Balaban J connectivity index is 2.27. The average Bonchev–Trinajstić information content (AvgIpc) is 2.73. The van der Waals surface area contributed by atoms with Crippen LogP contribution in [0.15, 0.2) is 34.6 Å². The fourth-order valence-corrected chi connectivity index (χ4v) is 2.67. The molecule has 1 heterocycles. The number of hydrogen-bond acceptors (Lipinski definition) is 3. The van der Waals surface area contributed by atoms with Gasteiger partial charge in [-0.05, 0) is 24.6 Å². The number of ether oxygens (including phenoxy) is 1. The highest BCUT2D eigenvalue weighted by Crippen LogP contribution is 2.45. The molecule has 0 bridgehead atoms. The van der Waals surface area contributed by atoms with Crippen LogP contribution in [-0.2, 0) is 14.3 Å². The van der Waals surface area contributed by atoms with Gasteiger partial charge < -0.3 is 9.84 Å². The van der Waals surface area contributed by atoms with E-state index in [-0.39, 0.29) is 23.7 Å². The van der Waals surface area contributed by atoms with Crippen molar-refractivity contribution < 1.29 is 19.4 Å². The second kappa shape index (κ2) is 5.02. The molecular formula is C13H12Cl2O4. The van der Waals surface area contributed by atoms with Crippen LogP contribution in [0.1, 0.15) is 19.8 Å². The largest absolute Gasteiger partial charge is 0.478 e. The third kappa shape index (κ3) is 2.42. The van der Waals surface area contributed by atoms with Gasteiger partial charge in [0.1, 0.15) is 10.6 Å². The van der Waals surface area contributed by atoms with Crippen molar-refractivity contribution in [3.63, 3.8) is 0 Å². The normalized spacial score (nSPS) is 30.1. The number of carbonyl (C=O) groups excluding carboxylic acids is 1. The molecule has 4 nitrogen and oxygen atoms in total. The Hall–Kier alpha value is -1.26. The maximum Gasteiger partial charge on any atom is 0.345 e. The van der Waals surface area contributed by atoms with Crippen molar-refractivity contribution in [1.82, 2.24) is 0 Å². The predicted molar refractivity (Wildman–Crippen MR) is 71.1 cm³/mol. The Bertz CT molecular complexity index is 533. The van der Waals surface area contributed by atoms with Crippen molar-refractivity contribution in [2.45, 2.75) is 30.7 Å². The Morgan fingerprint density at radius 1 is 1.58 bits per heavy atom. The summed E-state index contributed by atoms with van der Waals surface area (Å²) in [6.07, 6.45) is 3.86. The summed E-state index contributed by atoms with van der Waals surface area (Å²) in [7, 11) is 0. The number of halogens is 2. The number of rotatable bonds is 3. The number of hydrogen-bond donors (Lipinski definition) is 1. The molecule has 2 unspecified atom stereocenters. The molecule has 0 fully saturated rings. The summed E-state index contributed by atoms with van der Waals surface area (Å²) in [5.74, 6) is -0.941.